The molecule has 0 saturated carbocycles. The Hall–Kier alpha value is -2.20. The van der Waals surface area contributed by atoms with E-state index in [1.165, 1.54) is 4.90 Å². The largest absolute Gasteiger partial charge is 0.445 e. The van der Waals surface area contributed by atoms with Crippen LogP contribution in [0.1, 0.15) is 24.8 Å². The summed E-state index contributed by atoms with van der Waals surface area (Å²) in [6, 6.07) is 8.31. The monoisotopic (exact) mass is 361 g/mol. The van der Waals surface area contributed by atoms with E-state index in [1.807, 2.05) is 36.6 Å². The van der Waals surface area contributed by atoms with Gasteiger partial charge in [0, 0.05) is 6.54 Å². The predicted molar refractivity (Wildman–Crippen MR) is 96.9 cm³/mol. The molecule has 1 aromatic carbocycles. The van der Waals surface area contributed by atoms with Crippen molar-refractivity contribution >= 4 is 23.6 Å². The summed E-state index contributed by atoms with van der Waals surface area (Å²) in [6.45, 7) is 0.754. The number of nitrogens with zero attached hydrogens (tertiary/aromatic N) is 2. The van der Waals surface area contributed by atoms with Crippen LogP contribution in [0.5, 0.6) is 0 Å². The molecule has 6 nitrogen and oxygen atoms in total. The number of alkyl carbamates (subject to hydrolysis) is 1. The van der Waals surface area contributed by atoms with Crippen molar-refractivity contribution < 1.29 is 14.3 Å². The minimum absolute atomic E-state index is 0.107. The first-order valence-corrected chi connectivity index (χ1v) is 9.71. The van der Waals surface area contributed by atoms with Gasteiger partial charge in [-0.2, -0.15) is 17.0 Å². The van der Waals surface area contributed by atoms with E-state index in [2.05, 4.69) is 11.5 Å². The van der Waals surface area contributed by atoms with Gasteiger partial charge in [-0.25, -0.2) is 4.79 Å². The van der Waals surface area contributed by atoms with Gasteiger partial charge in [0.15, 0.2) is 12.0 Å². The van der Waals surface area contributed by atoms with E-state index in [9.17, 15) is 9.59 Å². The Morgan fingerprint density at radius 2 is 2.20 bits per heavy atom. The number of nitriles is 1. The smallest absolute Gasteiger partial charge is 0.408 e. The van der Waals surface area contributed by atoms with Gasteiger partial charge < -0.3 is 15.0 Å². The van der Waals surface area contributed by atoms with Crippen molar-refractivity contribution in [3.05, 3.63) is 35.9 Å². The Morgan fingerprint density at radius 3 is 2.88 bits per heavy atom. The van der Waals surface area contributed by atoms with Gasteiger partial charge in [-0.3, -0.25) is 4.79 Å². The standard InChI is InChI=1S/C18H23N3O3S/c1-25-11-9-15(17(22)16-8-5-10-21(16)13-19)20-18(23)24-12-14-6-3-2-4-7-14/h2-4,6-7,15-16H,5,8-12H2,1H3,(H,20,23)/t15-,16?/m0/s1. The molecule has 1 aliphatic heterocycles. The van der Waals surface area contributed by atoms with Crippen LogP contribution in [0.2, 0.25) is 0 Å². The number of thioether (sulfide) groups is 1. The summed E-state index contributed by atoms with van der Waals surface area (Å²) in [7, 11) is 0. The number of hydrogen-bond acceptors (Lipinski definition) is 6. The Labute approximate surface area is 152 Å². The number of benzene rings is 1. The molecule has 1 N–H and O–H groups in total. The normalized spacial score (nSPS) is 17.6. The van der Waals surface area contributed by atoms with Gasteiger partial charge in [-0.05, 0) is 36.8 Å². The number of carbonyl (C=O) groups excluding carboxylic acids is 2. The van der Waals surface area contributed by atoms with Crippen LogP contribution < -0.4 is 5.32 Å². The van der Waals surface area contributed by atoms with Crippen molar-refractivity contribution in [1.82, 2.24) is 10.2 Å². The number of likely N-dealkylation sites (tertiary alicyclic amines) is 1. The van der Waals surface area contributed by atoms with Crippen LogP contribution in [0, 0.1) is 11.5 Å². The lowest BCUT2D eigenvalue weighted by atomic mass is 10.0. The zero-order chi connectivity index (χ0) is 18.1. The SMILES string of the molecule is CSCC[C@H](NC(=O)OCc1ccccc1)C(=O)C1CCCN1C#N. The molecule has 134 valence electrons. The second kappa shape index (κ2) is 9.94. The summed E-state index contributed by atoms with van der Waals surface area (Å²) < 4.78 is 5.22. The summed E-state index contributed by atoms with van der Waals surface area (Å²) in [5.41, 5.74) is 0.885. The molecule has 0 spiro atoms. The van der Waals surface area contributed by atoms with Gasteiger partial charge >= 0.3 is 6.09 Å². The van der Waals surface area contributed by atoms with Crippen LogP contribution in [0.3, 0.4) is 0 Å². The van der Waals surface area contributed by atoms with Gasteiger partial charge in [-0.1, -0.05) is 30.3 Å². The summed E-state index contributed by atoms with van der Waals surface area (Å²) in [5.74, 6) is 0.638. The lowest BCUT2D eigenvalue weighted by molar-refractivity contribution is -0.124. The highest BCUT2D eigenvalue weighted by Gasteiger charge is 2.35. The fourth-order valence-electron chi connectivity index (χ4n) is 2.84. The first-order chi connectivity index (χ1) is 12.2. The molecule has 0 aliphatic carbocycles. The van der Waals surface area contributed by atoms with E-state index in [4.69, 9.17) is 10.00 Å². The lowest BCUT2D eigenvalue weighted by Gasteiger charge is -2.23. The number of carbonyl (C=O) groups is 2. The quantitative estimate of drug-likeness (QED) is 0.717. The number of ether oxygens (including phenoxy) is 1. The van der Waals surface area contributed by atoms with Gasteiger partial charge in [0.05, 0.1) is 12.1 Å². The zero-order valence-electron chi connectivity index (χ0n) is 14.3. The maximum absolute atomic E-state index is 12.8. The van der Waals surface area contributed by atoms with Crippen LogP contribution in [-0.2, 0) is 16.1 Å². The van der Waals surface area contributed by atoms with E-state index in [1.54, 1.807) is 11.8 Å². The van der Waals surface area contributed by atoms with Crippen molar-refractivity contribution in [1.29, 1.82) is 5.26 Å². The molecule has 2 rings (SSSR count). The summed E-state index contributed by atoms with van der Waals surface area (Å²) >= 11 is 1.61. The molecule has 1 amide bonds. The average molecular weight is 361 g/mol. The molecule has 1 aromatic rings. The molecule has 1 heterocycles. The minimum atomic E-state index is -0.630. The van der Waals surface area contributed by atoms with E-state index in [-0.39, 0.29) is 12.4 Å². The molecule has 1 fully saturated rings. The molecule has 1 saturated heterocycles. The molecular weight excluding hydrogens is 338 g/mol. The van der Waals surface area contributed by atoms with Crippen molar-refractivity contribution in [3.63, 3.8) is 0 Å². The van der Waals surface area contributed by atoms with Gasteiger partial charge in [-0.15, -0.1) is 0 Å². The third-order valence-electron chi connectivity index (χ3n) is 4.17. The number of ketones is 1. The third-order valence-corrected chi connectivity index (χ3v) is 4.81. The van der Waals surface area contributed by atoms with E-state index < -0.39 is 18.2 Å². The Balaban J connectivity index is 1.93. The van der Waals surface area contributed by atoms with Gasteiger partial charge in [0.25, 0.3) is 0 Å². The molecule has 1 unspecified atom stereocenters. The van der Waals surface area contributed by atoms with Gasteiger partial charge in [0.1, 0.15) is 6.61 Å². The molecular formula is C18H23N3O3S. The van der Waals surface area contributed by atoms with Crippen LogP contribution in [0.15, 0.2) is 30.3 Å². The number of amides is 1. The molecule has 0 radical (unpaired) electrons. The number of Topliss-reactive ketones (excluding diaryl/α,β-unsaturated/α-hetero) is 1. The molecule has 1 aliphatic rings. The summed E-state index contributed by atoms with van der Waals surface area (Å²) in [4.78, 5) is 26.4. The molecule has 0 aromatic heterocycles. The zero-order valence-corrected chi connectivity index (χ0v) is 15.1. The second-order valence-corrected chi connectivity index (χ2v) is 6.88. The number of rotatable bonds is 8. The number of hydrogen-bond donors (Lipinski definition) is 1. The van der Waals surface area contributed by atoms with E-state index in [0.29, 0.717) is 19.4 Å². The van der Waals surface area contributed by atoms with Crippen molar-refractivity contribution in [2.45, 2.75) is 38.0 Å². The second-order valence-electron chi connectivity index (χ2n) is 5.89. The fourth-order valence-corrected chi connectivity index (χ4v) is 3.31. The Kier molecular flexibility index (Phi) is 7.61. The predicted octanol–water partition coefficient (Wildman–Crippen LogP) is 2.55. The van der Waals surface area contributed by atoms with E-state index in [0.717, 1.165) is 17.7 Å². The lowest BCUT2D eigenvalue weighted by Crippen LogP contribution is -2.48. The topological polar surface area (TPSA) is 82.4 Å². The molecule has 25 heavy (non-hydrogen) atoms. The average Bonchev–Trinajstić information content (AvgIpc) is 3.12. The first kappa shape index (κ1) is 19.1. The first-order valence-electron chi connectivity index (χ1n) is 8.32. The summed E-state index contributed by atoms with van der Waals surface area (Å²) in [6.07, 6.45) is 5.41. The minimum Gasteiger partial charge on any atom is -0.445 e. The highest BCUT2D eigenvalue weighted by atomic mass is 32.2. The van der Waals surface area contributed by atoms with Crippen LogP contribution in [0.4, 0.5) is 4.79 Å². The van der Waals surface area contributed by atoms with Crippen molar-refractivity contribution in [2.24, 2.45) is 0 Å². The molecule has 7 heteroatoms. The highest BCUT2D eigenvalue weighted by molar-refractivity contribution is 7.98. The van der Waals surface area contributed by atoms with Crippen LogP contribution in [-0.4, -0.2) is 47.4 Å². The Morgan fingerprint density at radius 1 is 1.44 bits per heavy atom. The molecule has 0 bridgehead atoms. The van der Waals surface area contributed by atoms with Crippen molar-refractivity contribution in [3.8, 4) is 6.19 Å². The van der Waals surface area contributed by atoms with E-state index >= 15 is 0 Å². The number of nitrogens with one attached hydrogen (secondary N) is 1. The van der Waals surface area contributed by atoms with Crippen molar-refractivity contribution in [2.75, 3.05) is 18.6 Å². The third kappa shape index (κ3) is 5.68. The van der Waals surface area contributed by atoms with Crippen LogP contribution >= 0.6 is 11.8 Å². The van der Waals surface area contributed by atoms with Crippen LogP contribution in [0.25, 0.3) is 0 Å². The fraction of sp³-hybridized carbons (Fsp3) is 0.500. The maximum atomic E-state index is 12.8. The summed E-state index contributed by atoms with van der Waals surface area (Å²) in [5, 5.41) is 11.8. The molecule has 2 atom stereocenters. The van der Waals surface area contributed by atoms with Gasteiger partial charge in [0.2, 0.25) is 0 Å². The highest BCUT2D eigenvalue weighted by Crippen LogP contribution is 2.19. The maximum Gasteiger partial charge on any atom is 0.408 e. The Bertz CT molecular complexity index is 618.